The molecule has 2 heterocycles. The van der Waals surface area contributed by atoms with Crippen LogP contribution in [0.1, 0.15) is 40.8 Å². The number of benzene rings is 2. The Labute approximate surface area is 248 Å². The molecular formula is C28H29ClF5N5O4. The number of alkyl halides is 5. The van der Waals surface area contributed by atoms with Crippen LogP contribution in [0.25, 0.3) is 11.3 Å². The highest BCUT2D eigenvalue weighted by molar-refractivity contribution is 6.31. The molecule has 0 saturated heterocycles. The summed E-state index contributed by atoms with van der Waals surface area (Å²) in [7, 11) is 1.43. The highest BCUT2D eigenvalue weighted by Gasteiger charge is 2.34. The van der Waals surface area contributed by atoms with Gasteiger partial charge in [0.15, 0.2) is 0 Å². The van der Waals surface area contributed by atoms with Crippen molar-refractivity contribution in [2.45, 2.75) is 38.4 Å². The van der Waals surface area contributed by atoms with Crippen LogP contribution in [-0.4, -0.2) is 44.3 Å². The maximum atomic E-state index is 13.2. The van der Waals surface area contributed by atoms with Crippen molar-refractivity contribution >= 4 is 36.3 Å². The number of aryl methyl sites for hydroxylation is 2. The van der Waals surface area contributed by atoms with Crippen molar-refractivity contribution in [1.29, 1.82) is 0 Å². The third kappa shape index (κ3) is 9.26. The molecule has 0 spiro atoms. The molecule has 0 bridgehead atoms. The van der Waals surface area contributed by atoms with Crippen LogP contribution in [0.4, 0.5) is 27.6 Å². The van der Waals surface area contributed by atoms with E-state index in [4.69, 9.17) is 41.4 Å². The summed E-state index contributed by atoms with van der Waals surface area (Å²) in [4.78, 5) is 25.0. The summed E-state index contributed by atoms with van der Waals surface area (Å²) in [5.41, 5.74) is 17.1. The van der Waals surface area contributed by atoms with Crippen molar-refractivity contribution in [2.24, 2.45) is 16.5 Å². The third-order valence-corrected chi connectivity index (χ3v) is 6.37. The second-order valence-electron chi connectivity index (χ2n) is 8.91. The fourth-order valence-corrected chi connectivity index (χ4v) is 4.46. The number of rotatable bonds is 7. The Hall–Kier alpha value is -4.46. The number of hydrogen-bond acceptors (Lipinski definition) is 7. The third-order valence-electron chi connectivity index (χ3n) is 6.06. The first-order valence-electron chi connectivity index (χ1n) is 12.4. The zero-order chi connectivity index (χ0) is 32.3. The first-order valence-corrected chi connectivity index (χ1v) is 12.8. The Kier molecular flexibility index (Phi) is 12.7. The molecule has 1 unspecified atom stereocenters. The number of carbonyl (C=O) groups is 2. The van der Waals surface area contributed by atoms with Crippen molar-refractivity contribution in [2.75, 3.05) is 19.5 Å². The Bertz CT molecular complexity index is 1450. The maximum Gasteiger partial charge on any atom is 0.417 e. The second kappa shape index (κ2) is 15.7. The normalized spacial score (nSPS) is 13.7. The lowest BCUT2D eigenvalue weighted by Gasteiger charge is -2.14. The van der Waals surface area contributed by atoms with Crippen molar-refractivity contribution in [1.82, 2.24) is 4.98 Å². The maximum absolute atomic E-state index is 13.2. The van der Waals surface area contributed by atoms with E-state index in [-0.39, 0.29) is 24.4 Å². The predicted molar refractivity (Wildman–Crippen MR) is 153 cm³/mol. The van der Waals surface area contributed by atoms with Crippen LogP contribution in [0.5, 0.6) is 11.5 Å². The molecule has 43 heavy (non-hydrogen) atoms. The van der Waals surface area contributed by atoms with Gasteiger partial charge < -0.3 is 26.7 Å². The minimum atomic E-state index is -4.57. The number of hydrogen-bond donors (Lipinski definition) is 3. The number of fused-ring (bicyclic) bond motifs is 1. The highest BCUT2D eigenvalue weighted by Crippen LogP contribution is 2.43. The summed E-state index contributed by atoms with van der Waals surface area (Å²) in [6.45, 7) is -0.464. The van der Waals surface area contributed by atoms with Crippen molar-refractivity contribution < 1.29 is 41.0 Å². The molecule has 1 atom stereocenters. The second-order valence-corrected chi connectivity index (χ2v) is 9.32. The Balaban J connectivity index is 0.000000992. The summed E-state index contributed by atoms with van der Waals surface area (Å²) >= 11 is 5.96. The first-order chi connectivity index (χ1) is 20.3. The van der Waals surface area contributed by atoms with Gasteiger partial charge in [0.05, 0.1) is 30.0 Å². The molecule has 6 N–H and O–H groups in total. The van der Waals surface area contributed by atoms with Gasteiger partial charge in [-0.25, -0.2) is 9.98 Å². The van der Waals surface area contributed by atoms with Gasteiger partial charge in [0, 0.05) is 34.5 Å². The number of primary amides is 2. The van der Waals surface area contributed by atoms with Gasteiger partial charge in [-0.2, -0.15) is 22.0 Å². The van der Waals surface area contributed by atoms with E-state index in [1.165, 1.54) is 19.2 Å². The average molecular weight is 630 g/mol. The Morgan fingerprint density at radius 2 is 1.79 bits per heavy atom. The van der Waals surface area contributed by atoms with E-state index in [9.17, 15) is 22.0 Å². The molecule has 9 nitrogen and oxygen atoms in total. The minimum Gasteiger partial charge on any atom is -0.495 e. The number of halogens is 6. The Morgan fingerprint density at radius 1 is 1.14 bits per heavy atom. The van der Waals surface area contributed by atoms with Gasteiger partial charge in [-0.1, -0.05) is 24.6 Å². The number of nitrogens with two attached hydrogens (primary N) is 3. The summed E-state index contributed by atoms with van der Waals surface area (Å²) in [5, 5.41) is -0.427. The molecule has 232 valence electrons. The molecular weight excluding hydrogens is 601 g/mol. The number of methoxy groups -OCH3 is 1. The minimum absolute atomic E-state index is 0.0641. The van der Waals surface area contributed by atoms with Crippen molar-refractivity contribution in [3.8, 4) is 22.8 Å². The molecule has 4 rings (SSSR count). The van der Waals surface area contributed by atoms with Crippen LogP contribution in [-0.2, 0) is 28.6 Å². The average Bonchev–Trinajstić information content (AvgIpc) is 3.31. The quantitative estimate of drug-likeness (QED) is 0.108. The number of nitrogen functional groups attached to an aromatic ring is 1. The van der Waals surface area contributed by atoms with Gasteiger partial charge in [0.1, 0.15) is 17.2 Å². The number of amides is 2. The number of nitrogens with zero attached hydrogens (tertiary/aromatic N) is 2. The molecule has 15 heteroatoms. The SMILES string of the molecule is COc1cc(CCc2cc3c(c(-c4ccc(C(F)(F)F)c(Cl)c4)n2)OCC3C)cc(/C=N/C(F)F)c1N.NC=O.NC=O. The fourth-order valence-electron chi connectivity index (χ4n) is 4.18. The van der Waals surface area contributed by atoms with E-state index in [0.717, 1.165) is 23.4 Å². The van der Waals surface area contributed by atoms with Crippen LogP contribution < -0.4 is 26.7 Å². The van der Waals surface area contributed by atoms with Gasteiger partial charge in [0.25, 0.3) is 0 Å². The van der Waals surface area contributed by atoms with Crippen LogP contribution in [0.15, 0.2) is 41.4 Å². The van der Waals surface area contributed by atoms with E-state index < -0.39 is 23.3 Å². The smallest absolute Gasteiger partial charge is 0.417 e. The molecule has 0 fully saturated rings. The molecule has 1 aliphatic heterocycles. The predicted octanol–water partition coefficient (Wildman–Crippen LogP) is 5.14. The van der Waals surface area contributed by atoms with Crippen molar-refractivity contribution in [3.63, 3.8) is 0 Å². The summed E-state index contributed by atoms with van der Waals surface area (Å²) in [5.74, 6) is 0.915. The monoisotopic (exact) mass is 629 g/mol. The zero-order valence-corrected chi connectivity index (χ0v) is 23.8. The first kappa shape index (κ1) is 34.7. The van der Waals surface area contributed by atoms with E-state index in [2.05, 4.69) is 16.5 Å². The molecule has 0 saturated carbocycles. The van der Waals surface area contributed by atoms with Crippen LogP contribution in [0.2, 0.25) is 5.02 Å². The molecule has 1 aliphatic rings. The van der Waals surface area contributed by atoms with Crippen LogP contribution in [0.3, 0.4) is 0 Å². The summed E-state index contributed by atoms with van der Waals surface area (Å²) in [6.07, 6.45) is -2.16. The largest absolute Gasteiger partial charge is 0.495 e. The van der Waals surface area contributed by atoms with Crippen LogP contribution in [0, 0.1) is 0 Å². The summed E-state index contributed by atoms with van der Waals surface area (Å²) < 4.78 is 75.8. The van der Waals surface area contributed by atoms with E-state index in [1.807, 2.05) is 13.0 Å². The molecule has 0 aliphatic carbocycles. The summed E-state index contributed by atoms with van der Waals surface area (Å²) in [6, 6.07) is 8.77. The van der Waals surface area contributed by atoms with Gasteiger partial charge >= 0.3 is 12.7 Å². The lowest BCUT2D eigenvalue weighted by Crippen LogP contribution is -2.06. The van der Waals surface area contributed by atoms with E-state index in [1.54, 1.807) is 12.1 Å². The van der Waals surface area contributed by atoms with E-state index >= 15 is 0 Å². The van der Waals surface area contributed by atoms with Gasteiger partial charge in [-0.15, -0.1) is 0 Å². The molecule has 1 aromatic heterocycles. The molecule has 2 amide bonds. The Morgan fingerprint density at radius 3 is 2.35 bits per heavy atom. The fraction of sp³-hybridized carbons (Fsp3) is 0.286. The topological polar surface area (TPSA) is 156 Å². The highest BCUT2D eigenvalue weighted by atomic mass is 35.5. The van der Waals surface area contributed by atoms with Crippen molar-refractivity contribution in [3.05, 3.63) is 69.4 Å². The van der Waals surface area contributed by atoms with Gasteiger partial charge in [0.2, 0.25) is 12.8 Å². The molecule has 0 radical (unpaired) electrons. The lowest BCUT2D eigenvalue weighted by molar-refractivity contribution is -0.137. The number of pyridine rings is 1. The zero-order valence-electron chi connectivity index (χ0n) is 23.0. The molecule has 2 aromatic carbocycles. The lowest BCUT2D eigenvalue weighted by atomic mass is 9.97. The van der Waals surface area contributed by atoms with Gasteiger partial charge in [-0.3, -0.25) is 9.59 Å². The number of aromatic nitrogens is 1. The van der Waals surface area contributed by atoms with Crippen LogP contribution >= 0.6 is 11.6 Å². The number of aliphatic imine (C=N–C) groups is 1. The molecule has 3 aromatic rings. The number of anilines is 1. The standard InChI is InChI=1S/C26H23ClF5N3O2.2CH3NO/c1-13-12-37-24-18(13)10-17(35-23(24)15-4-6-19(20(27)9-15)26(30,31)32)5-3-14-7-16(11-34-25(28)29)22(33)21(8-14)36-2;2*2-1-3/h4,6-11,13,25H,3,5,12,33H2,1-2H3;2*1H,(H2,2,3)/b34-11+;;. The van der Waals surface area contributed by atoms with E-state index in [0.29, 0.717) is 53.5 Å². The number of carbonyl (C=O) groups excluding carboxylic acids is 2. The number of ether oxygens (including phenoxy) is 2. The van der Waals surface area contributed by atoms with Gasteiger partial charge in [-0.05, 0) is 48.7 Å².